The molecule has 0 aromatic carbocycles. The summed E-state index contributed by atoms with van der Waals surface area (Å²) in [7, 11) is 1.80. The molecule has 0 saturated carbocycles. The first-order chi connectivity index (χ1) is 8.88. The molecule has 1 aliphatic carbocycles. The fraction of sp³-hybridized carbons (Fsp3) is 0.500. The number of aliphatic imine (C=N–C) groups is 1. The maximum atomic E-state index is 5.03. The molecule has 0 aliphatic heterocycles. The van der Waals surface area contributed by atoms with Crippen LogP contribution in [0.3, 0.4) is 0 Å². The summed E-state index contributed by atoms with van der Waals surface area (Å²) >= 11 is 0. The molecule has 0 bridgehead atoms. The van der Waals surface area contributed by atoms with Crippen LogP contribution in [0.25, 0.3) is 0 Å². The van der Waals surface area contributed by atoms with Crippen molar-refractivity contribution in [2.24, 2.45) is 10.9 Å². The van der Waals surface area contributed by atoms with Crippen molar-refractivity contribution in [3.63, 3.8) is 0 Å². The van der Waals surface area contributed by atoms with E-state index >= 15 is 0 Å². The number of guanidine groups is 1. The summed E-state index contributed by atoms with van der Waals surface area (Å²) in [5, 5.41) is 6.65. The number of nitrogens with one attached hydrogen (secondary N) is 2. The lowest BCUT2D eigenvalue weighted by molar-refractivity contribution is 0.469. The highest BCUT2D eigenvalue weighted by Gasteiger charge is 2.10. The van der Waals surface area contributed by atoms with Crippen LogP contribution >= 0.6 is 24.0 Å². The third-order valence-electron chi connectivity index (χ3n) is 3.20. The van der Waals surface area contributed by atoms with Crippen LogP contribution in [0.1, 0.15) is 24.8 Å². The molecule has 1 unspecified atom stereocenters. The summed E-state index contributed by atoms with van der Waals surface area (Å²) in [6, 6.07) is 1.95. The Morgan fingerprint density at radius 1 is 1.42 bits per heavy atom. The SMILES string of the molecule is CN=C(NCc1ccoc1)NCC1CC=CCC1.I. The molecule has 4 nitrogen and oxygen atoms in total. The first-order valence-electron chi connectivity index (χ1n) is 6.49. The van der Waals surface area contributed by atoms with E-state index in [2.05, 4.69) is 27.8 Å². The van der Waals surface area contributed by atoms with Crippen LogP contribution in [0.15, 0.2) is 40.2 Å². The Bertz CT molecular complexity index is 401. The van der Waals surface area contributed by atoms with Crippen molar-refractivity contribution in [3.8, 4) is 0 Å². The average Bonchev–Trinajstić information content (AvgIpc) is 2.93. The fourth-order valence-electron chi connectivity index (χ4n) is 2.08. The van der Waals surface area contributed by atoms with Crippen molar-refractivity contribution in [1.29, 1.82) is 0 Å². The number of rotatable bonds is 4. The molecule has 1 aromatic heterocycles. The van der Waals surface area contributed by atoms with E-state index < -0.39 is 0 Å². The monoisotopic (exact) mass is 375 g/mol. The zero-order valence-electron chi connectivity index (χ0n) is 11.3. The topological polar surface area (TPSA) is 49.6 Å². The average molecular weight is 375 g/mol. The van der Waals surface area contributed by atoms with Gasteiger partial charge in [-0.25, -0.2) is 0 Å². The van der Waals surface area contributed by atoms with Gasteiger partial charge in [-0.2, -0.15) is 0 Å². The Hall–Kier alpha value is -0.980. The van der Waals surface area contributed by atoms with Gasteiger partial charge in [0.1, 0.15) is 0 Å². The van der Waals surface area contributed by atoms with Crippen molar-refractivity contribution >= 4 is 29.9 Å². The van der Waals surface area contributed by atoms with Crippen LogP contribution in [0, 0.1) is 5.92 Å². The smallest absolute Gasteiger partial charge is 0.191 e. The predicted molar refractivity (Wildman–Crippen MR) is 88.8 cm³/mol. The summed E-state index contributed by atoms with van der Waals surface area (Å²) in [6.07, 6.45) is 11.6. The van der Waals surface area contributed by atoms with E-state index in [1.165, 1.54) is 19.3 Å². The molecule has 2 N–H and O–H groups in total. The number of furan rings is 1. The predicted octanol–water partition coefficient (Wildman–Crippen LogP) is 2.92. The lowest BCUT2D eigenvalue weighted by Gasteiger charge is -2.19. The van der Waals surface area contributed by atoms with Gasteiger partial charge >= 0.3 is 0 Å². The molecule has 0 saturated heterocycles. The standard InChI is InChI=1S/C14H21N3O.HI/c1-15-14(17-10-13-7-8-18-11-13)16-9-12-5-3-2-4-6-12;/h2-3,7-8,11-12H,4-6,9-10H2,1H3,(H2,15,16,17);1H. The second-order valence-electron chi connectivity index (χ2n) is 4.59. The van der Waals surface area contributed by atoms with Gasteiger partial charge in [-0.3, -0.25) is 4.99 Å². The highest BCUT2D eigenvalue weighted by Crippen LogP contribution is 2.16. The van der Waals surface area contributed by atoms with Gasteiger partial charge in [0.2, 0.25) is 0 Å². The highest BCUT2D eigenvalue weighted by molar-refractivity contribution is 14.0. The molecule has 0 radical (unpaired) electrons. The first kappa shape index (κ1) is 16.1. The second-order valence-corrected chi connectivity index (χ2v) is 4.59. The Morgan fingerprint density at radius 2 is 2.32 bits per heavy atom. The zero-order valence-corrected chi connectivity index (χ0v) is 13.6. The molecule has 5 heteroatoms. The van der Waals surface area contributed by atoms with E-state index in [-0.39, 0.29) is 24.0 Å². The van der Waals surface area contributed by atoms with Gasteiger partial charge in [0.05, 0.1) is 12.5 Å². The summed E-state index contributed by atoms with van der Waals surface area (Å²) in [5.41, 5.74) is 1.12. The normalized spacial score (nSPS) is 18.8. The second kappa shape index (κ2) is 9.01. The number of hydrogen-bond acceptors (Lipinski definition) is 2. The summed E-state index contributed by atoms with van der Waals surface area (Å²) < 4.78 is 5.03. The van der Waals surface area contributed by atoms with Crippen LogP contribution in [0.2, 0.25) is 0 Å². The Labute approximate surface area is 131 Å². The van der Waals surface area contributed by atoms with Gasteiger partial charge in [-0.15, -0.1) is 24.0 Å². The molecule has 1 heterocycles. The third-order valence-corrected chi connectivity index (χ3v) is 3.20. The van der Waals surface area contributed by atoms with E-state index in [1.54, 1.807) is 19.6 Å². The molecule has 0 amide bonds. The molecule has 0 spiro atoms. The fourth-order valence-corrected chi connectivity index (χ4v) is 2.08. The molecular formula is C14H22IN3O. The van der Waals surface area contributed by atoms with E-state index in [9.17, 15) is 0 Å². The molecule has 106 valence electrons. The van der Waals surface area contributed by atoms with E-state index in [0.29, 0.717) is 0 Å². The lowest BCUT2D eigenvalue weighted by Crippen LogP contribution is -2.39. The van der Waals surface area contributed by atoms with Crippen LogP contribution in [0.4, 0.5) is 0 Å². The van der Waals surface area contributed by atoms with Gasteiger partial charge in [-0.05, 0) is 31.2 Å². The lowest BCUT2D eigenvalue weighted by atomic mass is 9.94. The Kier molecular flexibility index (Phi) is 7.62. The quantitative estimate of drug-likeness (QED) is 0.368. The van der Waals surface area contributed by atoms with Crippen LogP contribution in [-0.2, 0) is 6.54 Å². The Morgan fingerprint density at radius 3 is 2.95 bits per heavy atom. The van der Waals surface area contributed by atoms with Crippen molar-refractivity contribution in [2.75, 3.05) is 13.6 Å². The molecule has 2 rings (SSSR count). The molecule has 1 atom stereocenters. The minimum absolute atomic E-state index is 0. The van der Waals surface area contributed by atoms with Crippen LogP contribution in [0.5, 0.6) is 0 Å². The van der Waals surface area contributed by atoms with Gasteiger partial charge in [0.25, 0.3) is 0 Å². The first-order valence-corrected chi connectivity index (χ1v) is 6.49. The molecule has 1 aromatic rings. The maximum Gasteiger partial charge on any atom is 0.191 e. The van der Waals surface area contributed by atoms with Crippen LogP contribution < -0.4 is 10.6 Å². The molecule has 19 heavy (non-hydrogen) atoms. The number of nitrogens with zero attached hydrogens (tertiary/aromatic N) is 1. The number of halogens is 1. The minimum Gasteiger partial charge on any atom is -0.472 e. The van der Waals surface area contributed by atoms with Crippen molar-refractivity contribution in [2.45, 2.75) is 25.8 Å². The third kappa shape index (κ3) is 5.67. The maximum absolute atomic E-state index is 5.03. The molecule has 0 fully saturated rings. The van der Waals surface area contributed by atoms with E-state index in [0.717, 1.165) is 30.5 Å². The minimum atomic E-state index is 0. The van der Waals surface area contributed by atoms with Crippen molar-refractivity contribution in [1.82, 2.24) is 10.6 Å². The number of hydrogen-bond donors (Lipinski definition) is 2. The van der Waals surface area contributed by atoms with Gasteiger partial charge in [0.15, 0.2) is 5.96 Å². The van der Waals surface area contributed by atoms with Gasteiger partial charge in [0, 0.05) is 25.7 Å². The molecule has 1 aliphatic rings. The van der Waals surface area contributed by atoms with E-state index in [1.807, 2.05) is 6.07 Å². The van der Waals surface area contributed by atoms with E-state index in [4.69, 9.17) is 4.42 Å². The molecular weight excluding hydrogens is 353 g/mol. The van der Waals surface area contributed by atoms with Gasteiger partial charge in [-0.1, -0.05) is 12.2 Å². The van der Waals surface area contributed by atoms with Crippen LogP contribution in [-0.4, -0.2) is 19.6 Å². The number of allylic oxidation sites excluding steroid dienone is 2. The largest absolute Gasteiger partial charge is 0.472 e. The zero-order chi connectivity index (χ0) is 12.6. The summed E-state index contributed by atoms with van der Waals surface area (Å²) in [4.78, 5) is 4.22. The summed E-state index contributed by atoms with van der Waals surface area (Å²) in [5.74, 6) is 1.58. The van der Waals surface area contributed by atoms with Crippen molar-refractivity contribution < 1.29 is 4.42 Å². The van der Waals surface area contributed by atoms with Gasteiger partial charge < -0.3 is 15.1 Å². The highest BCUT2D eigenvalue weighted by atomic mass is 127. The van der Waals surface area contributed by atoms with Crippen molar-refractivity contribution in [3.05, 3.63) is 36.3 Å². The Balaban J connectivity index is 0.00000180. The summed E-state index contributed by atoms with van der Waals surface area (Å²) in [6.45, 7) is 1.72.